The Hall–Kier alpha value is -1.10. The minimum absolute atomic E-state index is 0.0931. The lowest BCUT2D eigenvalue weighted by Gasteiger charge is -2.13. The lowest BCUT2D eigenvalue weighted by atomic mass is 10.1. The van der Waals surface area contributed by atoms with Crippen LogP contribution in [0.25, 0.3) is 0 Å². The van der Waals surface area contributed by atoms with E-state index in [1.165, 1.54) is 7.11 Å². The largest absolute Gasteiger partial charge is 0.469 e. The van der Waals surface area contributed by atoms with Crippen molar-refractivity contribution in [2.45, 2.75) is 13.3 Å². The number of methoxy groups -OCH3 is 1. The van der Waals surface area contributed by atoms with E-state index in [9.17, 15) is 9.59 Å². The normalized spacial score (nSPS) is 21.3. The summed E-state index contributed by atoms with van der Waals surface area (Å²) in [6, 6.07) is 0. The first-order chi connectivity index (χ1) is 7.17. The molecular weight excluding hydrogens is 198 g/mol. The molecule has 1 aliphatic heterocycles. The van der Waals surface area contributed by atoms with Crippen molar-refractivity contribution in [2.75, 3.05) is 33.4 Å². The fraction of sp³-hybridized carbons (Fsp3) is 0.800. The van der Waals surface area contributed by atoms with Crippen LogP contribution in [0.3, 0.4) is 0 Å². The minimum atomic E-state index is -0.233. The maximum Gasteiger partial charge on any atom is 0.320 e. The Kier molecular flexibility index (Phi) is 4.55. The maximum absolute atomic E-state index is 11.2. The van der Waals surface area contributed by atoms with E-state index in [2.05, 4.69) is 4.74 Å². The molecule has 0 aromatic heterocycles. The van der Waals surface area contributed by atoms with E-state index in [0.29, 0.717) is 13.2 Å². The molecule has 0 bridgehead atoms. The molecule has 0 aromatic carbocycles. The average Bonchev–Trinajstić information content (AvgIpc) is 2.65. The molecule has 1 saturated heterocycles. The molecule has 0 spiro atoms. The molecule has 1 aliphatic rings. The summed E-state index contributed by atoms with van der Waals surface area (Å²) in [6.07, 6.45) is 0.756. The molecule has 1 atom stereocenters. The molecule has 5 heteroatoms. The van der Waals surface area contributed by atoms with Gasteiger partial charge < -0.3 is 9.47 Å². The standard InChI is InChI=1S/C10H17NO4/c1-3-15-9(12)7-11-5-4-8(6-11)10(13)14-2/h8H,3-7H2,1-2H3/t8-/m0/s1. The average molecular weight is 215 g/mol. The Morgan fingerprint density at radius 1 is 1.47 bits per heavy atom. The molecule has 1 rings (SSSR count). The van der Waals surface area contributed by atoms with Crippen LogP contribution in [0, 0.1) is 5.92 Å². The van der Waals surface area contributed by atoms with Crippen LogP contribution in [-0.4, -0.2) is 50.2 Å². The first-order valence-electron chi connectivity index (χ1n) is 5.13. The molecular formula is C10H17NO4. The van der Waals surface area contributed by atoms with Gasteiger partial charge in [-0.05, 0) is 19.9 Å². The van der Waals surface area contributed by atoms with Gasteiger partial charge >= 0.3 is 11.9 Å². The van der Waals surface area contributed by atoms with Gasteiger partial charge in [-0.2, -0.15) is 0 Å². The van der Waals surface area contributed by atoms with Crippen LogP contribution in [-0.2, 0) is 19.1 Å². The van der Waals surface area contributed by atoms with Crippen LogP contribution < -0.4 is 0 Å². The van der Waals surface area contributed by atoms with Crippen molar-refractivity contribution >= 4 is 11.9 Å². The maximum atomic E-state index is 11.2. The van der Waals surface area contributed by atoms with Crippen LogP contribution in [0.15, 0.2) is 0 Å². The Balaban J connectivity index is 2.30. The summed E-state index contributed by atoms with van der Waals surface area (Å²) in [4.78, 5) is 24.3. The number of ether oxygens (including phenoxy) is 2. The van der Waals surface area contributed by atoms with E-state index >= 15 is 0 Å². The van der Waals surface area contributed by atoms with Crippen molar-refractivity contribution in [3.05, 3.63) is 0 Å². The molecule has 0 amide bonds. The van der Waals surface area contributed by atoms with Gasteiger partial charge in [-0.15, -0.1) is 0 Å². The molecule has 0 saturated carbocycles. The van der Waals surface area contributed by atoms with E-state index in [-0.39, 0.29) is 24.4 Å². The minimum Gasteiger partial charge on any atom is -0.469 e. The first kappa shape index (κ1) is 12.0. The van der Waals surface area contributed by atoms with Crippen molar-refractivity contribution in [3.8, 4) is 0 Å². The third-order valence-corrected chi connectivity index (χ3v) is 2.46. The Morgan fingerprint density at radius 3 is 2.80 bits per heavy atom. The van der Waals surface area contributed by atoms with Gasteiger partial charge in [0.2, 0.25) is 0 Å². The molecule has 0 unspecified atom stereocenters. The lowest BCUT2D eigenvalue weighted by Crippen LogP contribution is -2.30. The number of rotatable bonds is 4. The zero-order chi connectivity index (χ0) is 11.3. The molecule has 0 N–H and O–H groups in total. The molecule has 0 aromatic rings. The third-order valence-electron chi connectivity index (χ3n) is 2.46. The van der Waals surface area contributed by atoms with Gasteiger partial charge in [0, 0.05) is 6.54 Å². The SMILES string of the molecule is CCOC(=O)CN1CC[C@H](C(=O)OC)C1. The number of carbonyl (C=O) groups excluding carboxylic acids is 2. The van der Waals surface area contributed by atoms with Gasteiger partial charge in [-0.1, -0.05) is 0 Å². The monoisotopic (exact) mass is 215 g/mol. The number of esters is 2. The fourth-order valence-corrected chi connectivity index (χ4v) is 1.72. The smallest absolute Gasteiger partial charge is 0.320 e. The molecule has 0 radical (unpaired) electrons. The van der Waals surface area contributed by atoms with Crippen molar-refractivity contribution in [3.63, 3.8) is 0 Å². The van der Waals surface area contributed by atoms with Gasteiger partial charge in [0.15, 0.2) is 0 Å². The Bertz CT molecular complexity index is 242. The molecule has 86 valence electrons. The summed E-state index contributed by atoms with van der Waals surface area (Å²) in [5, 5.41) is 0. The van der Waals surface area contributed by atoms with Crippen LogP contribution in [0.1, 0.15) is 13.3 Å². The van der Waals surface area contributed by atoms with Gasteiger partial charge in [-0.25, -0.2) is 0 Å². The second kappa shape index (κ2) is 5.70. The lowest BCUT2D eigenvalue weighted by molar-refractivity contribution is -0.147. The van der Waals surface area contributed by atoms with E-state index in [0.717, 1.165) is 13.0 Å². The summed E-state index contributed by atoms with van der Waals surface area (Å²) in [5.41, 5.74) is 0. The van der Waals surface area contributed by atoms with E-state index in [1.807, 2.05) is 4.90 Å². The second-order valence-electron chi connectivity index (χ2n) is 3.55. The van der Waals surface area contributed by atoms with Crippen molar-refractivity contribution in [1.29, 1.82) is 0 Å². The number of hydrogen-bond acceptors (Lipinski definition) is 5. The quantitative estimate of drug-likeness (QED) is 0.620. The molecule has 0 aliphatic carbocycles. The van der Waals surface area contributed by atoms with Gasteiger partial charge in [0.05, 0.1) is 26.2 Å². The number of likely N-dealkylation sites (tertiary alicyclic amines) is 1. The number of nitrogens with zero attached hydrogens (tertiary/aromatic N) is 1. The molecule has 5 nitrogen and oxygen atoms in total. The van der Waals surface area contributed by atoms with Crippen LogP contribution in [0.2, 0.25) is 0 Å². The summed E-state index contributed by atoms with van der Waals surface area (Å²) in [5.74, 6) is -0.520. The van der Waals surface area contributed by atoms with Gasteiger partial charge in [0.25, 0.3) is 0 Å². The molecule has 1 heterocycles. The third kappa shape index (κ3) is 3.51. The highest BCUT2D eigenvalue weighted by Crippen LogP contribution is 2.16. The van der Waals surface area contributed by atoms with Crippen LogP contribution in [0.4, 0.5) is 0 Å². The van der Waals surface area contributed by atoms with E-state index in [1.54, 1.807) is 6.92 Å². The first-order valence-corrected chi connectivity index (χ1v) is 5.13. The summed E-state index contributed by atoms with van der Waals surface area (Å²) in [6.45, 7) is 3.78. The molecule has 15 heavy (non-hydrogen) atoms. The highest BCUT2D eigenvalue weighted by atomic mass is 16.5. The summed E-state index contributed by atoms with van der Waals surface area (Å²) < 4.78 is 9.48. The molecule has 1 fully saturated rings. The summed E-state index contributed by atoms with van der Waals surface area (Å²) in [7, 11) is 1.39. The summed E-state index contributed by atoms with van der Waals surface area (Å²) >= 11 is 0. The number of carbonyl (C=O) groups is 2. The van der Waals surface area contributed by atoms with E-state index in [4.69, 9.17) is 4.74 Å². The Labute approximate surface area is 89.3 Å². The predicted molar refractivity (Wildman–Crippen MR) is 53.2 cm³/mol. The van der Waals surface area contributed by atoms with Gasteiger partial charge in [0.1, 0.15) is 0 Å². The predicted octanol–water partition coefficient (Wildman–Crippen LogP) is 0.0444. The van der Waals surface area contributed by atoms with Crippen molar-refractivity contribution < 1.29 is 19.1 Å². The van der Waals surface area contributed by atoms with E-state index < -0.39 is 0 Å². The fourth-order valence-electron chi connectivity index (χ4n) is 1.72. The van der Waals surface area contributed by atoms with Crippen LogP contribution in [0.5, 0.6) is 0 Å². The zero-order valence-corrected chi connectivity index (χ0v) is 9.19. The second-order valence-corrected chi connectivity index (χ2v) is 3.55. The highest BCUT2D eigenvalue weighted by molar-refractivity contribution is 5.74. The number of hydrogen-bond donors (Lipinski definition) is 0. The zero-order valence-electron chi connectivity index (χ0n) is 9.19. The van der Waals surface area contributed by atoms with Crippen LogP contribution >= 0.6 is 0 Å². The van der Waals surface area contributed by atoms with Gasteiger partial charge in [-0.3, -0.25) is 14.5 Å². The topological polar surface area (TPSA) is 55.8 Å². The Morgan fingerprint density at radius 2 is 2.20 bits per heavy atom. The highest BCUT2D eigenvalue weighted by Gasteiger charge is 2.29. The van der Waals surface area contributed by atoms with Crippen molar-refractivity contribution in [1.82, 2.24) is 4.90 Å². The van der Waals surface area contributed by atoms with Crippen molar-refractivity contribution in [2.24, 2.45) is 5.92 Å².